The van der Waals surface area contributed by atoms with Gasteiger partial charge in [0.15, 0.2) is 5.96 Å². The highest BCUT2D eigenvalue weighted by atomic mass is 16.2. The van der Waals surface area contributed by atoms with Gasteiger partial charge in [-0.25, -0.2) is 0 Å². The van der Waals surface area contributed by atoms with Crippen LogP contribution in [-0.2, 0) is 11.2 Å². The van der Waals surface area contributed by atoms with Gasteiger partial charge in [-0.3, -0.25) is 9.79 Å². The van der Waals surface area contributed by atoms with Gasteiger partial charge in [-0.15, -0.1) is 0 Å². The molecule has 140 valence electrons. The summed E-state index contributed by atoms with van der Waals surface area (Å²) in [7, 11) is 1.79. The Bertz CT molecular complexity index is 795. The first-order chi connectivity index (χ1) is 12.6. The van der Waals surface area contributed by atoms with Crippen molar-refractivity contribution in [2.24, 2.45) is 4.99 Å². The molecule has 1 aromatic heterocycles. The lowest BCUT2D eigenvalue weighted by Gasteiger charge is -2.18. The predicted octanol–water partition coefficient (Wildman–Crippen LogP) is 2.19. The van der Waals surface area contributed by atoms with Gasteiger partial charge < -0.3 is 20.5 Å². The molecule has 26 heavy (non-hydrogen) atoms. The van der Waals surface area contributed by atoms with E-state index >= 15 is 0 Å². The highest BCUT2D eigenvalue weighted by Crippen LogP contribution is 2.19. The van der Waals surface area contributed by atoms with Gasteiger partial charge in [0.1, 0.15) is 0 Å². The first-order valence-corrected chi connectivity index (χ1v) is 9.42. The van der Waals surface area contributed by atoms with Crippen LogP contribution in [0.3, 0.4) is 0 Å². The molecule has 1 aliphatic rings. The zero-order valence-electron chi connectivity index (χ0n) is 15.9. The number of aromatic amines is 1. The average molecular weight is 355 g/mol. The van der Waals surface area contributed by atoms with Crippen molar-refractivity contribution in [3.05, 3.63) is 35.5 Å². The summed E-state index contributed by atoms with van der Waals surface area (Å²) in [6, 6.07) is 6.78. The van der Waals surface area contributed by atoms with Crippen LogP contribution in [0.2, 0.25) is 0 Å². The van der Waals surface area contributed by atoms with Crippen molar-refractivity contribution in [2.45, 2.75) is 39.2 Å². The number of aliphatic imine (C=N–C) groups is 1. The maximum absolute atomic E-state index is 11.8. The quantitative estimate of drug-likeness (QED) is 0.569. The van der Waals surface area contributed by atoms with E-state index in [0.29, 0.717) is 6.42 Å². The van der Waals surface area contributed by atoms with Crippen molar-refractivity contribution in [1.29, 1.82) is 0 Å². The molecule has 0 aliphatic carbocycles. The van der Waals surface area contributed by atoms with Crippen LogP contribution in [0.25, 0.3) is 10.9 Å². The summed E-state index contributed by atoms with van der Waals surface area (Å²) in [5.74, 6) is 1.03. The van der Waals surface area contributed by atoms with E-state index in [0.717, 1.165) is 38.4 Å². The number of H-pyrrole nitrogens is 1. The number of guanidine groups is 1. The van der Waals surface area contributed by atoms with Gasteiger partial charge in [-0.05, 0) is 37.0 Å². The van der Waals surface area contributed by atoms with Crippen LogP contribution in [-0.4, -0.2) is 54.5 Å². The average Bonchev–Trinajstić information content (AvgIpc) is 3.27. The molecule has 6 heteroatoms. The second-order valence-electron chi connectivity index (χ2n) is 6.94. The van der Waals surface area contributed by atoms with E-state index in [1.807, 2.05) is 11.8 Å². The van der Waals surface area contributed by atoms with Gasteiger partial charge in [-0.2, -0.15) is 0 Å². The van der Waals surface area contributed by atoms with Gasteiger partial charge in [0.05, 0.1) is 0 Å². The smallest absolute Gasteiger partial charge is 0.222 e. The molecule has 1 aromatic carbocycles. The Morgan fingerprint density at radius 1 is 1.42 bits per heavy atom. The number of nitrogens with zero attached hydrogens (tertiary/aromatic N) is 2. The highest BCUT2D eigenvalue weighted by molar-refractivity contribution is 5.84. The predicted molar refractivity (Wildman–Crippen MR) is 107 cm³/mol. The minimum Gasteiger partial charge on any atom is -0.361 e. The van der Waals surface area contributed by atoms with Crippen molar-refractivity contribution in [3.63, 3.8) is 0 Å². The van der Waals surface area contributed by atoms with E-state index in [1.165, 1.54) is 22.0 Å². The molecule has 2 aromatic rings. The largest absolute Gasteiger partial charge is 0.361 e. The maximum Gasteiger partial charge on any atom is 0.222 e. The normalized spacial score (nSPS) is 17.7. The Morgan fingerprint density at radius 3 is 3.04 bits per heavy atom. The van der Waals surface area contributed by atoms with E-state index in [2.05, 4.69) is 51.9 Å². The Balaban J connectivity index is 1.49. The van der Waals surface area contributed by atoms with Crippen LogP contribution in [0.5, 0.6) is 0 Å². The molecule has 1 unspecified atom stereocenters. The zero-order chi connectivity index (χ0) is 18.5. The van der Waals surface area contributed by atoms with Gasteiger partial charge in [0, 0.05) is 56.2 Å². The van der Waals surface area contributed by atoms with Crippen LogP contribution in [0, 0.1) is 6.92 Å². The summed E-state index contributed by atoms with van der Waals surface area (Å²) < 4.78 is 0. The minimum atomic E-state index is 0.229. The molecule has 0 spiro atoms. The standard InChI is InChI=1S/C20H29N5O/c1-4-19(26)25-10-8-16(13-25)24-20(21-3)22-9-7-15-12-23-18-11-14(2)5-6-17(15)18/h5-6,11-12,16,23H,4,7-10,13H2,1-3H3,(H2,21,22,24). The van der Waals surface area contributed by atoms with Crippen LogP contribution >= 0.6 is 0 Å². The molecule has 1 saturated heterocycles. The summed E-state index contributed by atoms with van der Waals surface area (Å²) in [4.78, 5) is 21.4. The third-order valence-electron chi connectivity index (χ3n) is 5.02. The summed E-state index contributed by atoms with van der Waals surface area (Å²) >= 11 is 0. The van der Waals surface area contributed by atoms with Crippen molar-refractivity contribution < 1.29 is 4.79 Å². The summed E-state index contributed by atoms with van der Waals surface area (Å²) in [5, 5.41) is 8.11. The molecule has 6 nitrogen and oxygen atoms in total. The number of hydrogen-bond acceptors (Lipinski definition) is 2. The monoisotopic (exact) mass is 355 g/mol. The Hall–Kier alpha value is -2.50. The van der Waals surface area contributed by atoms with Crippen LogP contribution in [0.1, 0.15) is 30.9 Å². The molecule has 0 saturated carbocycles. The fourth-order valence-electron chi connectivity index (χ4n) is 3.54. The Kier molecular flexibility index (Phi) is 5.81. The van der Waals surface area contributed by atoms with E-state index in [9.17, 15) is 4.79 Å². The molecule has 0 bridgehead atoms. The Labute approximate surface area is 155 Å². The molecular weight excluding hydrogens is 326 g/mol. The molecular formula is C20H29N5O. The van der Waals surface area contributed by atoms with E-state index < -0.39 is 0 Å². The number of hydrogen-bond donors (Lipinski definition) is 3. The minimum absolute atomic E-state index is 0.229. The number of carbonyl (C=O) groups is 1. The zero-order valence-corrected chi connectivity index (χ0v) is 15.9. The van der Waals surface area contributed by atoms with Crippen molar-refractivity contribution in [2.75, 3.05) is 26.7 Å². The third kappa shape index (κ3) is 4.18. The fourth-order valence-corrected chi connectivity index (χ4v) is 3.54. The lowest BCUT2D eigenvalue weighted by Crippen LogP contribution is -2.45. The molecule has 3 rings (SSSR count). The van der Waals surface area contributed by atoms with Crippen LogP contribution < -0.4 is 10.6 Å². The molecule has 2 heterocycles. The fraction of sp³-hybridized carbons (Fsp3) is 0.500. The summed E-state index contributed by atoms with van der Waals surface area (Å²) in [6.07, 6.45) is 4.56. The van der Waals surface area contributed by atoms with Crippen molar-refractivity contribution in [1.82, 2.24) is 20.5 Å². The lowest BCUT2D eigenvalue weighted by molar-refractivity contribution is -0.129. The van der Waals surface area contributed by atoms with Gasteiger partial charge in [0.2, 0.25) is 5.91 Å². The molecule has 1 amide bonds. The number of amides is 1. The van der Waals surface area contributed by atoms with Crippen molar-refractivity contribution >= 4 is 22.8 Å². The SMILES string of the molecule is CCC(=O)N1CCC(NC(=NC)NCCc2c[nH]c3cc(C)ccc23)C1. The Morgan fingerprint density at radius 2 is 2.27 bits per heavy atom. The van der Waals surface area contributed by atoms with E-state index in [-0.39, 0.29) is 11.9 Å². The molecule has 1 fully saturated rings. The number of aromatic nitrogens is 1. The van der Waals surface area contributed by atoms with E-state index in [4.69, 9.17) is 0 Å². The third-order valence-corrected chi connectivity index (χ3v) is 5.02. The van der Waals surface area contributed by atoms with Gasteiger partial charge >= 0.3 is 0 Å². The summed E-state index contributed by atoms with van der Waals surface area (Å²) in [6.45, 7) is 6.42. The number of aryl methyl sites for hydroxylation is 1. The number of benzene rings is 1. The number of carbonyl (C=O) groups excluding carboxylic acids is 1. The highest BCUT2D eigenvalue weighted by Gasteiger charge is 2.25. The number of fused-ring (bicyclic) bond motifs is 1. The molecule has 0 radical (unpaired) electrons. The first kappa shape index (κ1) is 18.3. The molecule has 1 atom stereocenters. The van der Waals surface area contributed by atoms with Gasteiger partial charge in [-0.1, -0.05) is 19.1 Å². The van der Waals surface area contributed by atoms with Gasteiger partial charge in [0.25, 0.3) is 0 Å². The van der Waals surface area contributed by atoms with Crippen LogP contribution in [0.15, 0.2) is 29.4 Å². The topological polar surface area (TPSA) is 72.5 Å². The second-order valence-corrected chi connectivity index (χ2v) is 6.94. The number of likely N-dealkylation sites (tertiary alicyclic amines) is 1. The first-order valence-electron chi connectivity index (χ1n) is 9.42. The molecule has 3 N–H and O–H groups in total. The maximum atomic E-state index is 11.8. The second kappa shape index (κ2) is 8.25. The van der Waals surface area contributed by atoms with Crippen molar-refractivity contribution in [3.8, 4) is 0 Å². The van der Waals surface area contributed by atoms with Crippen LogP contribution in [0.4, 0.5) is 0 Å². The summed E-state index contributed by atoms with van der Waals surface area (Å²) in [5.41, 5.74) is 3.76. The number of nitrogens with one attached hydrogen (secondary N) is 3. The molecule has 1 aliphatic heterocycles. The van der Waals surface area contributed by atoms with E-state index in [1.54, 1.807) is 7.05 Å². The number of rotatable bonds is 5. The lowest BCUT2D eigenvalue weighted by atomic mass is 10.1.